The van der Waals surface area contributed by atoms with Crippen molar-refractivity contribution in [2.24, 2.45) is 0 Å². The summed E-state index contributed by atoms with van der Waals surface area (Å²) in [6, 6.07) is 9.25. The number of amides is 1. The summed E-state index contributed by atoms with van der Waals surface area (Å²) in [6.07, 6.45) is 1.60. The van der Waals surface area contributed by atoms with Gasteiger partial charge in [-0.3, -0.25) is 14.5 Å². The summed E-state index contributed by atoms with van der Waals surface area (Å²) < 4.78 is 10.4. The molecule has 174 valence electrons. The van der Waals surface area contributed by atoms with Gasteiger partial charge in [-0.25, -0.2) is 9.78 Å². The molecule has 1 aliphatic rings. The maximum Gasteiger partial charge on any atom is 0.350 e. The Morgan fingerprint density at radius 3 is 2.76 bits per heavy atom. The average Bonchev–Trinajstić information content (AvgIpc) is 3.56. The van der Waals surface area contributed by atoms with Gasteiger partial charge >= 0.3 is 5.97 Å². The van der Waals surface area contributed by atoms with E-state index in [0.717, 1.165) is 11.3 Å². The van der Waals surface area contributed by atoms with Gasteiger partial charge in [0.2, 0.25) is 5.78 Å². The zero-order chi connectivity index (χ0) is 24.4. The summed E-state index contributed by atoms with van der Waals surface area (Å²) in [7, 11) is 1.25. The third-order valence-electron chi connectivity index (χ3n) is 5.10. The molecule has 1 unspecified atom stereocenters. The predicted octanol–water partition coefficient (Wildman–Crippen LogP) is 4.65. The van der Waals surface area contributed by atoms with E-state index in [4.69, 9.17) is 9.47 Å². The summed E-state index contributed by atoms with van der Waals surface area (Å²) in [5.41, 5.74) is 0.839. The second kappa shape index (κ2) is 9.62. The van der Waals surface area contributed by atoms with Crippen molar-refractivity contribution in [2.45, 2.75) is 13.0 Å². The number of aryl methyl sites for hydroxylation is 1. The molecule has 3 aromatic rings. The molecule has 3 heterocycles. The zero-order valence-corrected chi connectivity index (χ0v) is 19.9. The van der Waals surface area contributed by atoms with Crippen LogP contribution in [0.15, 0.2) is 65.8 Å². The van der Waals surface area contributed by atoms with E-state index < -0.39 is 29.5 Å². The molecule has 1 aromatic carbocycles. The molecular weight excluding hydrogens is 476 g/mol. The number of rotatable bonds is 8. The van der Waals surface area contributed by atoms with Crippen LogP contribution in [0.4, 0.5) is 5.13 Å². The highest BCUT2D eigenvalue weighted by atomic mass is 32.1. The molecule has 0 spiro atoms. The minimum Gasteiger partial charge on any atom is -0.503 e. The number of ketones is 1. The number of hydrogen-bond acceptors (Lipinski definition) is 9. The van der Waals surface area contributed by atoms with Crippen molar-refractivity contribution >= 4 is 45.5 Å². The molecule has 0 aliphatic carbocycles. The van der Waals surface area contributed by atoms with Gasteiger partial charge in [-0.15, -0.1) is 11.3 Å². The molecule has 1 N–H and O–H groups in total. The monoisotopic (exact) mass is 496 g/mol. The van der Waals surface area contributed by atoms with Crippen LogP contribution in [0.25, 0.3) is 0 Å². The third-order valence-corrected chi connectivity index (χ3v) is 7.11. The van der Waals surface area contributed by atoms with Gasteiger partial charge in [0.25, 0.3) is 5.91 Å². The van der Waals surface area contributed by atoms with Gasteiger partial charge in [-0.05, 0) is 36.1 Å². The number of esters is 1. The number of nitrogens with zero attached hydrogens (tertiary/aromatic N) is 2. The van der Waals surface area contributed by atoms with Crippen LogP contribution in [-0.4, -0.2) is 41.5 Å². The lowest BCUT2D eigenvalue weighted by atomic mass is 9.95. The number of ether oxygens (including phenoxy) is 2. The van der Waals surface area contributed by atoms with Crippen LogP contribution in [-0.2, 0) is 9.53 Å². The van der Waals surface area contributed by atoms with Gasteiger partial charge in [-0.2, -0.15) is 0 Å². The minimum atomic E-state index is -0.981. The van der Waals surface area contributed by atoms with Gasteiger partial charge in [0.15, 0.2) is 10.9 Å². The average molecular weight is 497 g/mol. The van der Waals surface area contributed by atoms with Crippen molar-refractivity contribution in [3.8, 4) is 5.75 Å². The first kappa shape index (κ1) is 23.4. The maximum atomic E-state index is 13.4. The SMILES string of the molecule is C=CCOc1cccc(C2C(C(=O)c3cccs3)=C(O)C(=O)N2c2nc(C)c(C(=O)OC)s2)c1. The highest BCUT2D eigenvalue weighted by Gasteiger charge is 2.46. The largest absolute Gasteiger partial charge is 0.503 e. The number of methoxy groups -OCH3 is 1. The Balaban J connectivity index is 1.86. The first-order valence-electron chi connectivity index (χ1n) is 10.1. The fraction of sp³-hybridized carbons (Fsp3) is 0.167. The Hall–Kier alpha value is -3.76. The molecule has 10 heteroatoms. The van der Waals surface area contributed by atoms with Crippen LogP contribution < -0.4 is 9.64 Å². The van der Waals surface area contributed by atoms with Crippen molar-refractivity contribution in [2.75, 3.05) is 18.6 Å². The molecule has 0 fully saturated rings. The highest BCUT2D eigenvalue weighted by Crippen LogP contribution is 2.44. The number of aromatic nitrogens is 1. The van der Waals surface area contributed by atoms with Crippen LogP contribution in [0.2, 0.25) is 0 Å². The standard InChI is InChI=1S/C24H20N2O6S2/c1-4-10-32-15-8-5-7-14(12-15)18-17(19(27)16-9-6-11-33-16)20(28)22(29)26(18)24-25-13(2)21(34-24)23(30)31-3/h4-9,11-12,18,28H,1,10H2,2-3H3. The molecule has 4 rings (SSSR count). The van der Waals surface area contributed by atoms with E-state index in [2.05, 4.69) is 11.6 Å². The number of anilines is 1. The second-order valence-electron chi connectivity index (χ2n) is 7.22. The van der Waals surface area contributed by atoms with Crippen molar-refractivity contribution in [1.29, 1.82) is 0 Å². The van der Waals surface area contributed by atoms with E-state index in [-0.39, 0.29) is 22.2 Å². The number of carbonyl (C=O) groups excluding carboxylic acids is 3. The summed E-state index contributed by atoms with van der Waals surface area (Å²) in [6.45, 7) is 5.53. The zero-order valence-electron chi connectivity index (χ0n) is 18.3. The highest BCUT2D eigenvalue weighted by molar-refractivity contribution is 7.17. The first-order chi connectivity index (χ1) is 16.4. The first-order valence-corrected chi connectivity index (χ1v) is 11.8. The topological polar surface area (TPSA) is 106 Å². The molecule has 0 bridgehead atoms. The Morgan fingerprint density at radius 1 is 1.29 bits per heavy atom. The summed E-state index contributed by atoms with van der Waals surface area (Å²) in [5, 5.41) is 12.7. The van der Waals surface area contributed by atoms with Crippen LogP contribution in [0.1, 0.15) is 36.6 Å². The second-order valence-corrected chi connectivity index (χ2v) is 9.15. The van der Waals surface area contributed by atoms with E-state index in [1.54, 1.807) is 54.8 Å². The van der Waals surface area contributed by atoms with E-state index >= 15 is 0 Å². The predicted molar refractivity (Wildman–Crippen MR) is 129 cm³/mol. The number of benzene rings is 1. The van der Waals surface area contributed by atoms with Crippen LogP contribution in [0.3, 0.4) is 0 Å². The smallest absolute Gasteiger partial charge is 0.350 e. The summed E-state index contributed by atoms with van der Waals surface area (Å²) >= 11 is 2.16. The summed E-state index contributed by atoms with van der Waals surface area (Å²) in [4.78, 5) is 45.0. The van der Waals surface area contributed by atoms with Gasteiger partial charge in [0, 0.05) is 0 Å². The van der Waals surface area contributed by atoms with E-state index in [0.29, 0.717) is 21.9 Å². The lowest BCUT2D eigenvalue weighted by molar-refractivity contribution is -0.117. The van der Waals surface area contributed by atoms with Crippen molar-refractivity contribution < 1.29 is 29.0 Å². The number of Topliss-reactive ketones (excluding diaryl/α,β-unsaturated/α-hetero) is 1. The van der Waals surface area contributed by atoms with E-state index in [9.17, 15) is 19.5 Å². The number of aliphatic hydroxyl groups is 1. The van der Waals surface area contributed by atoms with Crippen molar-refractivity contribution in [1.82, 2.24) is 4.98 Å². The molecule has 0 radical (unpaired) electrons. The van der Waals surface area contributed by atoms with Gasteiger partial charge in [0.05, 0.1) is 29.3 Å². The number of hydrogen-bond donors (Lipinski definition) is 1. The van der Waals surface area contributed by atoms with Crippen LogP contribution >= 0.6 is 22.7 Å². The van der Waals surface area contributed by atoms with Gasteiger partial charge < -0.3 is 14.6 Å². The Morgan fingerprint density at radius 2 is 2.09 bits per heavy atom. The fourth-order valence-electron chi connectivity index (χ4n) is 3.59. The van der Waals surface area contributed by atoms with Crippen LogP contribution in [0.5, 0.6) is 5.75 Å². The lowest BCUT2D eigenvalue weighted by Gasteiger charge is -2.24. The Bertz CT molecular complexity index is 1310. The molecule has 1 aliphatic heterocycles. The molecule has 34 heavy (non-hydrogen) atoms. The number of thiazole rings is 1. The normalized spacial score (nSPS) is 15.5. The molecule has 1 amide bonds. The summed E-state index contributed by atoms with van der Waals surface area (Å²) in [5.74, 6) is -1.99. The Labute approximate surface area is 203 Å². The lowest BCUT2D eigenvalue weighted by Crippen LogP contribution is -2.31. The maximum absolute atomic E-state index is 13.4. The molecule has 2 aromatic heterocycles. The molecule has 8 nitrogen and oxygen atoms in total. The quantitative estimate of drug-likeness (QED) is 0.275. The minimum absolute atomic E-state index is 0.0687. The molecule has 0 saturated heterocycles. The van der Waals surface area contributed by atoms with Crippen molar-refractivity contribution in [3.63, 3.8) is 0 Å². The fourth-order valence-corrected chi connectivity index (χ4v) is 5.28. The van der Waals surface area contributed by atoms with Gasteiger partial charge in [0.1, 0.15) is 17.2 Å². The molecule has 0 saturated carbocycles. The number of aliphatic hydroxyl groups excluding tert-OH is 1. The third kappa shape index (κ3) is 4.13. The number of carbonyl (C=O) groups is 3. The van der Waals surface area contributed by atoms with Crippen molar-refractivity contribution in [3.05, 3.63) is 86.8 Å². The molecule has 1 atom stereocenters. The van der Waals surface area contributed by atoms with Crippen LogP contribution in [0, 0.1) is 6.92 Å². The van der Waals surface area contributed by atoms with E-state index in [1.165, 1.54) is 23.3 Å². The van der Waals surface area contributed by atoms with E-state index in [1.807, 2.05) is 0 Å². The van der Waals surface area contributed by atoms with Gasteiger partial charge in [-0.1, -0.05) is 42.2 Å². The molecular formula is C24H20N2O6S2. The Kier molecular flexibility index (Phi) is 6.62. The number of thiophene rings is 1.